The molecule has 0 spiro atoms. The quantitative estimate of drug-likeness (QED) is 0.533. The highest BCUT2D eigenvalue weighted by atomic mass is 32.1. The molecule has 1 aromatic carbocycles. The summed E-state index contributed by atoms with van der Waals surface area (Å²) in [5.74, 6) is -0.0698. The van der Waals surface area contributed by atoms with Crippen molar-refractivity contribution in [2.24, 2.45) is 0 Å². The van der Waals surface area contributed by atoms with Crippen molar-refractivity contribution in [3.63, 3.8) is 0 Å². The van der Waals surface area contributed by atoms with Crippen molar-refractivity contribution < 1.29 is 19.1 Å². The Hall–Kier alpha value is -2.64. The summed E-state index contributed by atoms with van der Waals surface area (Å²) in [6, 6.07) is 9.67. The number of esters is 1. The van der Waals surface area contributed by atoms with Crippen LogP contribution < -0.4 is 10.1 Å². The first-order valence-corrected chi connectivity index (χ1v) is 10.6. The Morgan fingerprint density at radius 2 is 1.82 bits per heavy atom. The normalized spacial score (nSPS) is 10.5. The van der Waals surface area contributed by atoms with Gasteiger partial charge >= 0.3 is 5.97 Å². The van der Waals surface area contributed by atoms with Gasteiger partial charge in [-0.15, -0.1) is 22.7 Å². The molecule has 0 atom stereocenters. The van der Waals surface area contributed by atoms with Gasteiger partial charge in [0.05, 0.1) is 6.61 Å². The molecule has 5 nitrogen and oxygen atoms in total. The fourth-order valence-corrected chi connectivity index (χ4v) is 4.58. The molecule has 146 valence electrons. The maximum Gasteiger partial charge on any atom is 0.341 e. The van der Waals surface area contributed by atoms with Gasteiger partial charge in [-0.3, -0.25) is 4.79 Å². The van der Waals surface area contributed by atoms with Gasteiger partial charge in [0.15, 0.2) is 6.61 Å². The number of benzene rings is 1. The minimum Gasteiger partial charge on any atom is -0.483 e. The van der Waals surface area contributed by atoms with Crippen LogP contribution in [0.5, 0.6) is 5.75 Å². The van der Waals surface area contributed by atoms with Crippen LogP contribution in [-0.4, -0.2) is 25.1 Å². The molecule has 3 aromatic rings. The van der Waals surface area contributed by atoms with Gasteiger partial charge in [-0.25, -0.2) is 4.79 Å². The largest absolute Gasteiger partial charge is 0.483 e. The molecule has 2 aromatic heterocycles. The van der Waals surface area contributed by atoms with Crippen molar-refractivity contribution in [2.45, 2.75) is 20.8 Å². The predicted molar refractivity (Wildman–Crippen MR) is 114 cm³/mol. The highest BCUT2D eigenvalue weighted by Crippen LogP contribution is 2.38. The van der Waals surface area contributed by atoms with Crippen LogP contribution in [0.4, 0.5) is 5.00 Å². The molecule has 3 rings (SSSR count). The van der Waals surface area contributed by atoms with E-state index in [0.717, 1.165) is 21.6 Å². The van der Waals surface area contributed by atoms with E-state index in [1.807, 2.05) is 54.9 Å². The number of nitrogens with one attached hydrogen (secondary N) is 1. The van der Waals surface area contributed by atoms with Crippen LogP contribution in [0.3, 0.4) is 0 Å². The number of carbonyl (C=O) groups is 2. The molecule has 2 heterocycles. The van der Waals surface area contributed by atoms with Gasteiger partial charge in [0.25, 0.3) is 5.91 Å². The first kappa shape index (κ1) is 20.1. The van der Waals surface area contributed by atoms with Crippen LogP contribution >= 0.6 is 22.7 Å². The van der Waals surface area contributed by atoms with Crippen molar-refractivity contribution in [3.8, 4) is 16.2 Å². The Bertz CT molecular complexity index is 956. The maximum absolute atomic E-state index is 12.5. The van der Waals surface area contributed by atoms with E-state index in [1.54, 1.807) is 6.92 Å². The molecule has 0 radical (unpaired) electrons. The molecule has 28 heavy (non-hydrogen) atoms. The summed E-state index contributed by atoms with van der Waals surface area (Å²) in [6.45, 7) is 5.75. The second kappa shape index (κ2) is 9.03. The van der Waals surface area contributed by atoms with Crippen LogP contribution in [0.25, 0.3) is 10.4 Å². The summed E-state index contributed by atoms with van der Waals surface area (Å²) in [7, 11) is 0. The summed E-state index contributed by atoms with van der Waals surface area (Å²) in [5.41, 5.74) is 3.09. The van der Waals surface area contributed by atoms with E-state index in [4.69, 9.17) is 9.47 Å². The molecule has 0 aliphatic heterocycles. The average molecular weight is 416 g/mol. The number of thiophene rings is 2. The van der Waals surface area contributed by atoms with Crippen LogP contribution in [0.1, 0.15) is 28.4 Å². The van der Waals surface area contributed by atoms with Gasteiger partial charge in [-0.1, -0.05) is 24.3 Å². The van der Waals surface area contributed by atoms with Gasteiger partial charge in [0, 0.05) is 15.8 Å². The molecule has 0 fully saturated rings. The zero-order valence-corrected chi connectivity index (χ0v) is 17.5. The summed E-state index contributed by atoms with van der Waals surface area (Å²) >= 11 is 2.83. The van der Waals surface area contributed by atoms with E-state index in [1.165, 1.54) is 22.7 Å². The zero-order valence-electron chi connectivity index (χ0n) is 15.9. The summed E-state index contributed by atoms with van der Waals surface area (Å²) in [6.07, 6.45) is 0. The number of amides is 1. The Morgan fingerprint density at radius 3 is 2.46 bits per heavy atom. The molecule has 0 saturated carbocycles. The number of rotatable bonds is 7. The molecule has 0 aliphatic rings. The van der Waals surface area contributed by atoms with Crippen molar-refractivity contribution in [3.05, 3.63) is 57.8 Å². The molecule has 1 N–H and O–H groups in total. The number of carbonyl (C=O) groups excluding carboxylic acids is 2. The van der Waals surface area contributed by atoms with Gasteiger partial charge in [0.2, 0.25) is 0 Å². The highest BCUT2D eigenvalue weighted by Gasteiger charge is 2.23. The second-order valence-corrected chi connectivity index (χ2v) is 7.94. The Labute approximate surface area is 171 Å². The lowest BCUT2D eigenvalue weighted by Crippen LogP contribution is -2.21. The fraction of sp³-hybridized carbons (Fsp3) is 0.238. The van der Waals surface area contributed by atoms with E-state index in [2.05, 4.69) is 5.32 Å². The van der Waals surface area contributed by atoms with E-state index in [9.17, 15) is 9.59 Å². The second-order valence-electron chi connectivity index (χ2n) is 6.11. The molecule has 0 saturated heterocycles. The lowest BCUT2D eigenvalue weighted by molar-refractivity contribution is -0.118. The Kier molecular flexibility index (Phi) is 6.49. The van der Waals surface area contributed by atoms with Gasteiger partial charge in [0.1, 0.15) is 16.3 Å². The molecule has 0 aliphatic carbocycles. The van der Waals surface area contributed by atoms with Crippen molar-refractivity contribution in [1.82, 2.24) is 0 Å². The molecule has 0 unspecified atom stereocenters. The van der Waals surface area contributed by atoms with Crippen LogP contribution in [0.2, 0.25) is 0 Å². The Morgan fingerprint density at radius 1 is 1.07 bits per heavy atom. The number of hydrogen-bond donors (Lipinski definition) is 1. The minimum absolute atomic E-state index is 0.139. The van der Waals surface area contributed by atoms with Gasteiger partial charge < -0.3 is 14.8 Å². The Balaban J connectivity index is 1.78. The van der Waals surface area contributed by atoms with Crippen molar-refractivity contribution in [1.29, 1.82) is 0 Å². The molecule has 7 heteroatoms. The SMILES string of the molecule is CCOC(=O)c1c(-c2cccs2)csc1NC(=O)COc1c(C)cccc1C. The minimum atomic E-state index is -0.446. The summed E-state index contributed by atoms with van der Waals surface area (Å²) in [4.78, 5) is 25.9. The average Bonchev–Trinajstić information content (AvgIpc) is 3.31. The number of hydrogen-bond acceptors (Lipinski definition) is 6. The smallest absolute Gasteiger partial charge is 0.341 e. The summed E-state index contributed by atoms with van der Waals surface area (Å²) < 4.78 is 10.9. The molecule has 1 amide bonds. The maximum atomic E-state index is 12.5. The zero-order chi connectivity index (χ0) is 20.1. The molecule has 0 bridgehead atoms. The van der Waals surface area contributed by atoms with Crippen LogP contribution in [0, 0.1) is 13.8 Å². The fourth-order valence-electron chi connectivity index (χ4n) is 2.80. The number of anilines is 1. The van der Waals surface area contributed by atoms with Gasteiger partial charge in [-0.2, -0.15) is 0 Å². The van der Waals surface area contributed by atoms with E-state index in [-0.39, 0.29) is 19.1 Å². The van der Waals surface area contributed by atoms with E-state index < -0.39 is 5.97 Å². The third-order valence-electron chi connectivity index (χ3n) is 4.07. The predicted octanol–water partition coefficient (Wildman–Crippen LogP) is 5.29. The standard InChI is InChI=1S/C21H21NO4S2/c1-4-25-21(24)18-15(16-9-6-10-27-16)12-28-20(18)22-17(23)11-26-19-13(2)7-5-8-14(19)3/h5-10,12H,4,11H2,1-3H3,(H,22,23). The monoisotopic (exact) mass is 415 g/mol. The number of ether oxygens (including phenoxy) is 2. The van der Waals surface area contributed by atoms with E-state index >= 15 is 0 Å². The van der Waals surface area contributed by atoms with E-state index in [0.29, 0.717) is 16.3 Å². The molecular formula is C21H21NO4S2. The lowest BCUT2D eigenvalue weighted by atomic mass is 10.1. The summed E-state index contributed by atoms with van der Waals surface area (Å²) in [5, 5.41) is 7.07. The van der Waals surface area contributed by atoms with Crippen LogP contribution in [-0.2, 0) is 9.53 Å². The van der Waals surface area contributed by atoms with Crippen molar-refractivity contribution in [2.75, 3.05) is 18.5 Å². The van der Waals surface area contributed by atoms with Crippen LogP contribution in [0.15, 0.2) is 41.1 Å². The van der Waals surface area contributed by atoms with Gasteiger partial charge in [-0.05, 0) is 43.3 Å². The highest BCUT2D eigenvalue weighted by molar-refractivity contribution is 7.17. The third kappa shape index (κ3) is 4.43. The topological polar surface area (TPSA) is 64.6 Å². The lowest BCUT2D eigenvalue weighted by Gasteiger charge is -2.12. The number of para-hydroxylation sites is 1. The number of aryl methyl sites for hydroxylation is 2. The third-order valence-corrected chi connectivity index (χ3v) is 5.87. The first-order chi connectivity index (χ1) is 13.5. The molecular weight excluding hydrogens is 394 g/mol. The first-order valence-electron chi connectivity index (χ1n) is 8.82. The van der Waals surface area contributed by atoms with Crippen molar-refractivity contribution >= 4 is 39.6 Å².